The number of carboxylic acid groups (broad SMARTS) is 3. The minimum Gasteiger partial charge on any atom is -0.464 e. The molecule has 0 spiro atoms. The lowest BCUT2D eigenvalue weighted by Crippen LogP contribution is -2.27. The summed E-state index contributed by atoms with van der Waals surface area (Å²) in [6.07, 6.45) is -3.05. The van der Waals surface area contributed by atoms with Crippen molar-refractivity contribution in [2.45, 2.75) is 0 Å². The van der Waals surface area contributed by atoms with Crippen molar-refractivity contribution < 1.29 is 24.9 Å². The molecule has 1 amide bonds. The highest BCUT2D eigenvalue weighted by molar-refractivity contribution is 5.63. The Bertz CT molecular complexity index is 101. The first kappa shape index (κ1) is 22.7. The van der Waals surface area contributed by atoms with Crippen molar-refractivity contribution in [2.75, 3.05) is 0 Å². The van der Waals surface area contributed by atoms with Gasteiger partial charge in [0.1, 0.15) is 0 Å². The molecule has 0 aromatic rings. The summed E-state index contributed by atoms with van der Waals surface area (Å²) in [5.74, 6) is 4.32. The van der Waals surface area contributed by atoms with Gasteiger partial charge in [-0.25, -0.2) is 15.4 Å². The van der Waals surface area contributed by atoms with E-state index in [1.807, 2.05) is 0 Å². The molecular weight excluding hydrogens is 160 g/mol. The Hall–Kier alpha value is -1.58. The maximum atomic E-state index is 9.13. The van der Waals surface area contributed by atoms with Gasteiger partial charge in [-0.1, -0.05) is 0 Å². The van der Waals surface area contributed by atoms with Gasteiger partial charge >= 0.3 is 12.2 Å². The van der Waals surface area contributed by atoms with Crippen LogP contribution in [-0.4, -0.2) is 27.6 Å². The minimum atomic E-state index is -1.83. The molecular formula is C2H12N4O5. The predicted molar refractivity (Wildman–Crippen MR) is 36.0 cm³/mol. The molecule has 0 fully saturated rings. The minimum absolute atomic E-state index is 0. The molecule has 0 heterocycles. The lowest BCUT2D eigenvalue weighted by molar-refractivity contribution is 0.137. The first-order valence-corrected chi connectivity index (χ1v) is 1.62. The Kier molecular flexibility index (Phi) is 32.6. The van der Waals surface area contributed by atoms with Crippen LogP contribution >= 0.6 is 0 Å². The number of nitrogens with one attached hydrogen (secondary N) is 1. The van der Waals surface area contributed by atoms with Crippen LogP contribution < -0.4 is 23.6 Å². The third-order valence-electron chi connectivity index (χ3n) is 0.123. The third kappa shape index (κ3) is 1970. The van der Waals surface area contributed by atoms with Crippen molar-refractivity contribution >= 4 is 12.2 Å². The van der Waals surface area contributed by atoms with Crippen LogP contribution in [0.5, 0.6) is 0 Å². The molecule has 0 aliphatic carbocycles. The van der Waals surface area contributed by atoms with Crippen LogP contribution in [-0.2, 0) is 0 Å². The van der Waals surface area contributed by atoms with Crippen LogP contribution in [0.4, 0.5) is 9.59 Å². The van der Waals surface area contributed by atoms with E-state index >= 15 is 0 Å². The number of hydrogen-bond donors (Lipinski definition) is 7. The molecule has 0 atom stereocenters. The van der Waals surface area contributed by atoms with Gasteiger partial charge in [-0.05, 0) is 0 Å². The van der Waals surface area contributed by atoms with E-state index in [2.05, 4.69) is 5.84 Å². The Morgan fingerprint density at radius 2 is 1.18 bits per heavy atom. The molecule has 0 radical (unpaired) electrons. The molecule has 0 unspecified atom stereocenters. The standard InChI is InChI=1S/CH4N2O2.CH2O3.2H3N/c2-3-1(4)5;2-1(3)4;;/h3H,2H2,(H,4,5);(H2,2,3,4);2*1H3. The molecule has 0 aliphatic heterocycles. The summed E-state index contributed by atoms with van der Waals surface area (Å²) < 4.78 is 0. The van der Waals surface area contributed by atoms with Crippen LogP contribution in [0.1, 0.15) is 0 Å². The largest absolute Gasteiger partial charge is 0.503 e. The normalized spacial score (nSPS) is 5.18. The molecule has 70 valence electrons. The summed E-state index contributed by atoms with van der Waals surface area (Å²) in [7, 11) is 0. The highest BCUT2D eigenvalue weighted by atomic mass is 16.6. The second-order valence-corrected chi connectivity index (χ2v) is 0.732. The molecule has 12 N–H and O–H groups in total. The third-order valence-corrected chi connectivity index (χ3v) is 0.123. The summed E-state index contributed by atoms with van der Waals surface area (Å²) in [5, 5.41) is 21.4. The summed E-state index contributed by atoms with van der Waals surface area (Å²) in [4.78, 5) is 17.7. The zero-order chi connectivity index (χ0) is 7.86. The maximum absolute atomic E-state index is 9.13. The lowest BCUT2D eigenvalue weighted by Gasteiger charge is -1.79. The molecule has 0 saturated heterocycles. The van der Waals surface area contributed by atoms with E-state index in [1.54, 1.807) is 0 Å². The number of hydrogen-bond acceptors (Lipinski definition) is 5. The van der Waals surface area contributed by atoms with Gasteiger partial charge in [0.25, 0.3) is 0 Å². The first-order chi connectivity index (χ1) is 4.00. The Morgan fingerprint density at radius 3 is 1.18 bits per heavy atom. The van der Waals surface area contributed by atoms with E-state index in [1.165, 1.54) is 5.43 Å². The summed E-state index contributed by atoms with van der Waals surface area (Å²) >= 11 is 0. The van der Waals surface area contributed by atoms with Crippen molar-refractivity contribution in [3.05, 3.63) is 0 Å². The average molecular weight is 172 g/mol. The lowest BCUT2D eigenvalue weighted by atomic mass is 11.3. The topological polar surface area (TPSA) is 203 Å². The van der Waals surface area contributed by atoms with Gasteiger partial charge in [0.2, 0.25) is 0 Å². The van der Waals surface area contributed by atoms with Crippen molar-refractivity contribution in [3.8, 4) is 0 Å². The SMILES string of the molecule is N.N.NNC(=O)O.O=C(O)O. The van der Waals surface area contributed by atoms with Crippen molar-refractivity contribution in [2.24, 2.45) is 5.84 Å². The van der Waals surface area contributed by atoms with Gasteiger partial charge < -0.3 is 27.6 Å². The van der Waals surface area contributed by atoms with Gasteiger partial charge in [0, 0.05) is 0 Å². The summed E-state index contributed by atoms with van der Waals surface area (Å²) in [6.45, 7) is 0. The smallest absolute Gasteiger partial charge is 0.464 e. The maximum Gasteiger partial charge on any atom is 0.503 e. The number of carbonyl (C=O) groups is 2. The fraction of sp³-hybridized carbons (Fsp3) is 0. The van der Waals surface area contributed by atoms with Crippen LogP contribution in [0.25, 0.3) is 0 Å². The fourth-order valence-corrected chi connectivity index (χ4v) is 0. The molecule has 0 aromatic heterocycles. The van der Waals surface area contributed by atoms with Crippen molar-refractivity contribution in [3.63, 3.8) is 0 Å². The molecule has 11 heavy (non-hydrogen) atoms. The van der Waals surface area contributed by atoms with E-state index in [-0.39, 0.29) is 12.3 Å². The van der Waals surface area contributed by atoms with E-state index in [9.17, 15) is 0 Å². The van der Waals surface area contributed by atoms with Gasteiger partial charge in [-0.2, -0.15) is 0 Å². The monoisotopic (exact) mass is 172 g/mol. The van der Waals surface area contributed by atoms with E-state index < -0.39 is 12.2 Å². The molecule has 9 nitrogen and oxygen atoms in total. The van der Waals surface area contributed by atoms with E-state index in [0.717, 1.165) is 0 Å². The van der Waals surface area contributed by atoms with Crippen LogP contribution in [0.2, 0.25) is 0 Å². The quantitative estimate of drug-likeness (QED) is 0.146. The average Bonchev–Trinajstić information content (AvgIpc) is 1.65. The summed E-state index contributed by atoms with van der Waals surface area (Å²) in [6, 6.07) is 0. The Morgan fingerprint density at radius 1 is 1.09 bits per heavy atom. The van der Waals surface area contributed by atoms with Crippen LogP contribution in [0, 0.1) is 0 Å². The van der Waals surface area contributed by atoms with E-state index in [4.69, 9.17) is 24.9 Å². The second kappa shape index (κ2) is 15.8. The number of rotatable bonds is 0. The van der Waals surface area contributed by atoms with Gasteiger partial charge in [0.05, 0.1) is 0 Å². The van der Waals surface area contributed by atoms with Gasteiger partial charge in [0.15, 0.2) is 0 Å². The van der Waals surface area contributed by atoms with Gasteiger partial charge in [-0.3, -0.25) is 5.43 Å². The number of hydrazine groups is 1. The molecule has 0 aromatic carbocycles. The summed E-state index contributed by atoms with van der Waals surface area (Å²) in [5.41, 5.74) is 1.44. The Labute approximate surface area is 61.9 Å². The first-order valence-electron chi connectivity index (χ1n) is 1.62. The van der Waals surface area contributed by atoms with Crippen molar-refractivity contribution in [1.29, 1.82) is 0 Å². The molecule has 0 saturated carbocycles. The highest BCUT2D eigenvalue weighted by Gasteiger charge is 1.77. The molecule has 0 rings (SSSR count). The second-order valence-electron chi connectivity index (χ2n) is 0.732. The molecule has 0 aliphatic rings. The highest BCUT2D eigenvalue weighted by Crippen LogP contribution is 1.43. The number of amides is 1. The zero-order valence-corrected chi connectivity index (χ0v) is 5.65. The zero-order valence-electron chi connectivity index (χ0n) is 5.65. The van der Waals surface area contributed by atoms with Gasteiger partial charge in [-0.15, -0.1) is 0 Å². The number of nitrogens with two attached hydrogens (primary N) is 1. The predicted octanol–water partition coefficient (Wildman–Crippen LogP) is -0.326. The molecule has 0 bridgehead atoms. The van der Waals surface area contributed by atoms with Crippen molar-refractivity contribution in [1.82, 2.24) is 17.7 Å². The fourth-order valence-electron chi connectivity index (χ4n) is 0. The molecule has 9 heteroatoms. The van der Waals surface area contributed by atoms with E-state index in [0.29, 0.717) is 0 Å². The van der Waals surface area contributed by atoms with Crippen LogP contribution in [0.3, 0.4) is 0 Å². The van der Waals surface area contributed by atoms with Crippen LogP contribution in [0.15, 0.2) is 0 Å². The Balaban J connectivity index is -0.0000000383.